The zero-order chi connectivity index (χ0) is 14.9. The Morgan fingerprint density at radius 1 is 0.900 bits per heavy atom. The highest BCUT2D eigenvalue weighted by Crippen LogP contribution is 2.57. The van der Waals surface area contributed by atoms with Crippen molar-refractivity contribution >= 4 is 17.9 Å². The molecule has 0 aliphatic heterocycles. The Bertz CT molecular complexity index is 421. The first-order valence-corrected chi connectivity index (χ1v) is 6.76. The largest absolute Gasteiger partial charge is 0.469 e. The Kier molecular flexibility index (Phi) is 4.01. The Morgan fingerprint density at radius 2 is 1.45 bits per heavy atom. The van der Waals surface area contributed by atoms with Gasteiger partial charge in [-0.1, -0.05) is 0 Å². The zero-order valence-electron chi connectivity index (χ0n) is 12.0. The summed E-state index contributed by atoms with van der Waals surface area (Å²) in [5, 5.41) is 0. The molecule has 2 atom stereocenters. The van der Waals surface area contributed by atoms with Gasteiger partial charge in [0, 0.05) is 0 Å². The fourth-order valence-corrected chi connectivity index (χ4v) is 3.94. The fourth-order valence-electron chi connectivity index (χ4n) is 3.94. The summed E-state index contributed by atoms with van der Waals surface area (Å²) >= 11 is 0. The van der Waals surface area contributed by atoms with E-state index in [9.17, 15) is 14.4 Å². The van der Waals surface area contributed by atoms with Gasteiger partial charge in [0.15, 0.2) is 0 Å². The number of hydrogen-bond acceptors (Lipinski definition) is 6. The predicted molar refractivity (Wildman–Crippen MR) is 67.4 cm³/mol. The summed E-state index contributed by atoms with van der Waals surface area (Å²) in [7, 11) is 3.87. The van der Waals surface area contributed by atoms with Crippen LogP contribution in [0.5, 0.6) is 0 Å². The highest BCUT2D eigenvalue weighted by atomic mass is 16.5. The van der Waals surface area contributed by atoms with Crippen molar-refractivity contribution in [3.63, 3.8) is 0 Å². The van der Waals surface area contributed by atoms with Crippen LogP contribution >= 0.6 is 0 Å². The third-order valence-corrected chi connectivity index (χ3v) is 4.91. The topological polar surface area (TPSA) is 78.9 Å². The minimum absolute atomic E-state index is 0.0677. The van der Waals surface area contributed by atoms with E-state index >= 15 is 0 Å². The zero-order valence-corrected chi connectivity index (χ0v) is 12.0. The van der Waals surface area contributed by atoms with Crippen molar-refractivity contribution in [3.8, 4) is 0 Å². The molecular weight excluding hydrogens is 264 g/mol. The van der Waals surface area contributed by atoms with Crippen molar-refractivity contribution in [1.29, 1.82) is 0 Å². The van der Waals surface area contributed by atoms with Crippen LogP contribution in [0.1, 0.15) is 25.7 Å². The lowest BCUT2D eigenvalue weighted by molar-refractivity contribution is -0.191. The Labute approximate surface area is 117 Å². The fraction of sp³-hybridized carbons (Fsp3) is 0.786. The van der Waals surface area contributed by atoms with Crippen LogP contribution in [0.3, 0.4) is 0 Å². The van der Waals surface area contributed by atoms with Gasteiger partial charge in [-0.15, -0.1) is 0 Å². The van der Waals surface area contributed by atoms with Gasteiger partial charge in [0.2, 0.25) is 0 Å². The van der Waals surface area contributed by atoms with E-state index in [4.69, 9.17) is 14.2 Å². The van der Waals surface area contributed by atoms with Crippen LogP contribution in [-0.2, 0) is 28.6 Å². The van der Waals surface area contributed by atoms with Crippen LogP contribution < -0.4 is 0 Å². The van der Waals surface area contributed by atoms with Gasteiger partial charge in [0.25, 0.3) is 0 Å². The molecule has 0 aromatic rings. The average Bonchev–Trinajstić information content (AvgIpc) is 2.52. The number of fused-ring (bicyclic) bond motifs is 3. The van der Waals surface area contributed by atoms with Gasteiger partial charge >= 0.3 is 17.9 Å². The number of rotatable bonds is 3. The summed E-state index contributed by atoms with van der Waals surface area (Å²) < 4.78 is 14.6. The molecule has 0 aromatic heterocycles. The molecule has 112 valence electrons. The molecule has 20 heavy (non-hydrogen) atoms. The van der Waals surface area contributed by atoms with Gasteiger partial charge in [-0.25, -0.2) is 0 Å². The van der Waals surface area contributed by atoms with E-state index < -0.39 is 35.2 Å². The lowest BCUT2D eigenvalue weighted by atomic mass is 9.50. The normalized spacial score (nSPS) is 35.2. The molecule has 3 aliphatic rings. The second-order valence-corrected chi connectivity index (χ2v) is 5.53. The maximum absolute atomic E-state index is 12.2. The molecule has 0 spiro atoms. The first-order chi connectivity index (χ1) is 9.51. The molecule has 0 aromatic carbocycles. The molecule has 3 rings (SSSR count). The van der Waals surface area contributed by atoms with Crippen molar-refractivity contribution < 1.29 is 28.6 Å². The molecule has 0 unspecified atom stereocenters. The third kappa shape index (κ3) is 1.98. The molecule has 0 N–H and O–H groups in total. The van der Waals surface area contributed by atoms with E-state index in [-0.39, 0.29) is 5.92 Å². The summed E-state index contributed by atoms with van der Waals surface area (Å²) in [5.74, 6) is -2.76. The average molecular weight is 284 g/mol. The van der Waals surface area contributed by atoms with Crippen LogP contribution in [0, 0.1) is 23.2 Å². The first-order valence-electron chi connectivity index (χ1n) is 6.76. The number of methoxy groups -OCH3 is 3. The van der Waals surface area contributed by atoms with Crippen molar-refractivity contribution in [1.82, 2.24) is 0 Å². The number of carbonyl (C=O) groups excluding carboxylic acids is 3. The Morgan fingerprint density at radius 3 is 1.90 bits per heavy atom. The minimum Gasteiger partial charge on any atom is -0.469 e. The second kappa shape index (κ2) is 5.42. The highest BCUT2D eigenvalue weighted by molar-refractivity contribution is 5.90. The molecule has 0 heterocycles. The Hall–Kier alpha value is -1.59. The number of carbonyl (C=O) groups is 3. The summed E-state index contributed by atoms with van der Waals surface area (Å²) in [6.45, 7) is 0. The molecule has 0 amide bonds. The first kappa shape index (κ1) is 14.8. The van der Waals surface area contributed by atoms with Gasteiger partial charge in [0.05, 0.1) is 38.6 Å². The van der Waals surface area contributed by atoms with E-state index in [0.29, 0.717) is 12.8 Å². The quantitative estimate of drug-likeness (QED) is 0.566. The molecular formula is C14H20O6. The van der Waals surface area contributed by atoms with Gasteiger partial charge in [-0.3, -0.25) is 14.4 Å². The molecule has 3 fully saturated rings. The molecule has 2 bridgehead atoms. The summed E-state index contributed by atoms with van der Waals surface area (Å²) in [6, 6.07) is 0. The number of ether oxygens (including phenoxy) is 3. The SMILES string of the molecule is COC(=O)[C@H]1C2CCC(C(=O)OC)(CC2)[C@H]1C(=O)OC. The van der Waals surface area contributed by atoms with Gasteiger partial charge < -0.3 is 14.2 Å². The van der Waals surface area contributed by atoms with E-state index in [0.717, 1.165) is 12.8 Å². The highest BCUT2D eigenvalue weighted by Gasteiger charge is 2.63. The van der Waals surface area contributed by atoms with E-state index in [2.05, 4.69) is 0 Å². The monoisotopic (exact) mass is 284 g/mol. The van der Waals surface area contributed by atoms with E-state index in [1.165, 1.54) is 21.3 Å². The summed E-state index contributed by atoms with van der Waals surface area (Å²) in [4.78, 5) is 36.5. The van der Waals surface area contributed by atoms with Gasteiger partial charge in [0.1, 0.15) is 0 Å². The van der Waals surface area contributed by atoms with E-state index in [1.54, 1.807) is 0 Å². The van der Waals surface area contributed by atoms with Crippen LogP contribution in [0.2, 0.25) is 0 Å². The lowest BCUT2D eigenvalue weighted by Gasteiger charge is -2.51. The van der Waals surface area contributed by atoms with Crippen molar-refractivity contribution in [2.75, 3.05) is 21.3 Å². The van der Waals surface area contributed by atoms with Crippen LogP contribution in [-0.4, -0.2) is 39.2 Å². The standard InChI is InChI=1S/C14H20O6/c1-18-11(15)9-8-4-6-14(7-5-8,13(17)20-3)10(9)12(16)19-2/h8-10H,4-7H2,1-3H3/t8?,9-,10+,14?/m0/s1. The van der Waals surface area contributed by atoms with Crippen molar-refractivity contribution in [2.45, 2.75) is 25.7 Å². The molecule has 3 aliphatic carbocycles. The van der Waals surface area contributed by atoms with Crippen LogP contribution in [0.25, 0.3) is 0 Å². The van der Waals surface area contributed by atoms with E-state index in [1.807, 2.05) is 0 Å². The maximum Gasteiger partial charge on any atom is 0.312 e. The minimum atomic E-state index is -0.949. The van der Waals surface area contributed by atoms with Crippen LogP contribution in [0.4, 0.5) is 0 Å². The van der Waals surface area contributed by atoms with Gasteiger partial charge in [-0.05, 0) is 31.6 Å². The molecule has 6 nitrogen and oxygen atoms in total. The number of hydrogen-bond donors (Lipinski definition) is 0. The van der Waals surface area contributed by atoms with Crippen molar-refractivity contribution in [3.05, 3.63) is 0 Å². The molecule has 6 heteroatoms. The summed E-state index contributed by atoms with van der Waals surface area (Å²) in [5.41, 5.74) is -0.949. The van der Waals surface area contributed by atoms with Crippen LogP contribution in [0.15, 0.2) is 0 Å². The molecule has 3 saturated carbocycles. The third-order valence-electron chi connectivity index (χ3n) is 4.91. The number of esters is 3. The Balaban J connectivity index is 2.46. The summed E-state index contributed by atoms with van der Waals surface area (Å²) in [6.07, 6.45) is 2.56. The maximum atomic E-state index is 12.2. The molecule has 0 saturated heterocycles. The lowest BCUT2D eigenvalue weighted by Crippen LogP contribution is -2.58. The predicted octanol–water partition coefficient (Wildman–Crippen LogP) is 0.928. The molecule has 0 radical (unpaired) electrons. The van der Waals surface area contributed by atoms with Crippen molar-refractivity contribution in [2.24, 2.45) is 23.2 Å². The smallest absolute Gasteiger partial charge is 0.312 e. The van der Waals surface area contributed by atoms with Gasteiger partial charge in [-0.2, -0.15) is 0 Å². The second-order valence-electron chi connectivity index (χ2n) is 5.53.